The van der Waals surface area contributed by atoms with Gasteiger partial charge in [0.2, 0.25) is 0 Å². The molecule has 28 heavy (non-hydrogen) atoms. The maximum atomic E-state index is 13.8. The monoisotopic (exact) mass is 374 g/mol. The molecule has 4 aromatic rings. The van der Waals surface area contributed by atoms with Crippen molar-refractivity contribution in [1.82, 2.24) is 15.3 Å². The van der Waals surface area contributed by atoms with Gasteiger partial charge in [0, 0.05) is 35.4 Å². The molecule has 1 amide bonds. The number of nitrogens with zero attached hydrogens (tertiary/aromatic N) is 1. The first-order valence-corrected chi connectivity index (χ1v) is 9.01. The molecule has 6 heteroatoms. The first-order valence-electron chi connectivity index (χ1n) is 9.01. The highest BCUT2D eigenvalue weighted by Gasteiger charge is 2.09. The van der Waals surface area contributed by atoms with Crippen LogP contribution >= 0.6 is 0 Å². The predicted molar refractivity (Wildman–Crippen MR) is 108 cm³/mol. The summed E-state index contributed by atoms with van der Waals surface area (Å²) in [4.78, 5) is 19.8. The van der Waals surface area contributed by atoms with E-state index in [4.69, 9.17) is 0 Å². The number of aromatic nitrogens is 2. The summed E-state index contributed by atoms with van der Waals surface area (Å²) in [6, 6.07) is 17.6. The minimum Gasteiger partial charge on any atom is -0.361 e. The van der Waals surface area contributed by atoms with Gasteiger partial charge < -0.3 is 15.6 Å². The van der Waals surface area contributed by atoms with Crippen molar-refractivity contribution in [3.63, 3.8) is 0 Å². The first-order chi connectivity index (χ1) is 13.7. The summed E-state index contributed by atoms with van der Waals surface area (Å²) in [7, 11) is 0. The molecule has 0 fully saturated rings. The Hall–Kier alpha value is -3.67. The van der Waals surface area contributed by atoms with Crippen molar-refractivity contribution in [2.45, 2.75) is 6.42 Å². The summed E-state index contributed by atoms with van der Waals surface area (Å²) in [6.07, 6.45) is 4.22. The van der Waals surface area contributed by atoms with Crippen LogP contribution in [0.25, 0.3) is 10.9 Å². The lowest BCUT2D eigenvalue weighted by Crippen LogP contribution is -2.25. The zero-order valence-electron chi connectivity index (χ0n) is 15.1. The average molecular weight is 374 g/mol. The number of fused-ring (bicyclic) bond motifs is 1. The van der Waals surface area contributed by atoms with Crippen LogP contribution < -0.4 is 10.6 Å². The quantitative estimate of drug-likeness (QED) is 0.468. The van der Waals surface area contributed by atoms with E-state index in [9.17, 15) is 9.18 Å². The van der Waals surface area contributed by atoms with Gasteiger partial charge in [-0.05, 0) is 42.3 Å². The van der Waals surface area contributed by atoms with Gasteiger partial charge in [-0.2, -0.15) is 0 Å². The van der Waals surface area contributed by atoms with Crippen LogP contribution in [0.4, 0.5) is 15.9 Å². The summed E-state index contributed by atoms with van der Waals surface area (Å²) < 4.78 is 13.8. The molecule has 2 heterocycles. The number of halogens is 1. The molecule has 3 N–H and O–H groups in total. The predicted octanol–water partition coefficient (Wildman–Crippen LogP) is 4.42. The number of amides is 1. The number of carbonyl (C=O) groups excluding carboxylic acids is 1. The molecule has 140 valence electrons. The van der Waals surface area contributed by atoms with E-state index in [1.54, 1.807) is 30.3 Å². The Morgan fingerprint density at radius 2 is 1.89 bits per heavy atom. The van der Waals surface area contributed by atoms with Crippen molar-refractivity contribution in [2.24, 2.45) is 0 Å². The second-order valence-electron chi connectivity index (χ2n) is 6.40. The molecule has 0 bridgehead atoms. The second-order valence-corrected chi connectivity index (χ2v) is 6.40. The van der Waals surface area contributed by atoms with Gasteiger partial charge >= 0.3 is 0 Å². The lowest BCUT2D eigenvalue weighted by molar-refractivity contribution is 0.0954. The maximum absolute atomic E-state index is 13.8. The third kappa shape index (κ3) is 3.86. The molecule has 0 aliphatic rings. The van der Waals surface area contributed by atoms with E-state index >= 15 is 0 Å². The van der Waals surface area contributed by atoms with Crippen molar-refractivity contribution in [3.8, 4) is 0 Å². The molecule has 0 unspecified atom stereocenters. The number of H-pyrrole nitrogens is 1. The third-order valence-electron chi connectivity index (χ3n) is 4.51. The maximum Gasteiger partial charge on any atom is 0.251 e. The Labute approximate surface area is 161 Å². The van der Waals surface area contributed by atoms with Gasteiger partial charge in [0.15, 0.2) is 0 Å². The number of carbonyl (C=O) groups is 1. The van der Waals surface area contributed by atoms with E-state index in [1.165, 1.54) is 12.3 Å². The van der Waals surface area contributed by atoms with E-state index in [2.05, 4.69) is 26.7 Å². The van der Waals surface area contributed by atoms with Gasteiger partial charge in [-0.25, -0.2) is 9.37 Å². The number of para-hydroxylation sites is 2. The number of nitrogens with one attached hydrogen (secondary N) is 3. The van der Waals surface area contributed by atoms with Crippen LogP contribution in [0.3, 0.4) is 0 Å². The van der Waals surface area contributed by atoms with Gasteiger partial charge in [-0.1, -0.05) is 30.3 Å². The number of hydrogen-bond acceptors (Lipinski definition) is 3. The van der Waals surface area contributed by atoms with Gasteiger partial charge in [-0.3, -0.25) is 4.79 Å². The molecule has 0 aliphatic carbocycles. The SMILES string of the molecule is O=C(NCCc1c[nH]c2ccccc12)c1ccnc(Nc2ccccc2F)c1. The summed E-state index contributed by atoms with van der Waals surface area (Å²) in [5, 5.41) is 6.98. The fraction of sp³-hybridized carbons (Fsp3) is 0.0909. The van der Waals surface area contributed by atoms with Crippen LogP contribution in [0.5, 0.6) is 0 Å². The number of pyridine rings is 1. The highest BCUT2D eigenvalue weighted by Crippen LogP contribution is 2.19. The highest BCUT2D eigenvalue weighted by atomic mass is 19.1. The summed E-state index contributed by atoms with van der Waals surface area (Å²) in [5.74, 6) is -0.161. The molecular weight excluding hydrogens is 355 g/mol. The molecular formula is C22H19FN4O. The first kappa shape index (κ1) is 17.7. The van der Waals surface area contributed by atoms with Crippen molar-refractivity contribution in [3.05, 3.63) is 90.0 Å². The van der Waals surface area contributed by atoms with Crippen molar-refractivity contribution >= 4 is 28.3 Å². The van der Waals surface area contributed by atoms with Crippen molar-refractivity contribution in [1.29, 1.82) is 0 Å². The fourth-order valence-corrected chi connectivity index (χ4v) is 3.09. The molecule has 4 rings (SSSR count). The molecule has 0 saturated heterocycles. The Kier molecular flexibility index (Phi) is 5.01. The van der Waals surface area contributed by atoms with Gasteiger partial charge in [0.1, 0.15) is 11.6 Å². The Bertz CT molecular complexity index is 1120. The largest absolute Gasteiger partial charge is 0.361 e. The smallest absolute Gasteiger partial charge is 0.251 e. The highest BCUT2D eigenvalue weighted by molar-refractivity contribution is 5.95. The van der Waals surface area contributed by atoms with E-state index in [1.807, 2.05) is 24.4 Å². The standard InChI is InChI=1S/C22H19FN4O/c23-18-6-2-4-8-20(18)27-21-13-15(9-11-24-21)22(28)25-12-10-16-14-26-19-7-3-1-5-17(16)19/h1-9,11,13-14,26H,10,12H2,(H,24,27)(H,25,28). The van der Waals surface area contributed by atoms with Gasteiger partial charge in [0.25, 0.3) is 5.91 Å². The van der Waals surface area contributed by atoms with E-state index in [-0.39, 0.29) is 11.7 Å². The van der Waals surface area contributed by atoms with Crippen LogP contribution in [-0.4, -0.2) is 22.4 Å². The summed E-state index contributed by atoms with van der Waals surface area (Å²) >= 11 is 0. The minimum atomic E-state index is -0.377. The molecule has 0 spiro atoms. The normalized spacial score (nSPS) is 10.8. The van der Waals surface area contributed by atoms with Crippen molar-refractivity contribution < 1.29 is 9.18 Å². The number of aromatic amines is 1. The Morgan fingerprint density at radius 3 is 2.79 bits per heavy atom. The molecule has 0 saturated carbocycles. The van der Waals surface area contributed by atoms with Gasteiger partial charge in [-0.15, -0.1) is 0 Å². The Morgan fingerprint density at radius 1 is 1.07 bits per heavy atom. The lowest BCUT2D eigenvalue weighted by atomic mass is 10.1. The molecule has 0 aliphatic heterocycles. The zero-order valence-corrected chi connectivity index (χ0v) is 15.1. The van der Waals surface area contributed by atoms with Crippen LogP contribution in [0.15, 0.2) is 73.1 Å². The second kappa shape index (κ2) is 7.92. The average Bonchev–Trinajstić information content (AvgIpc) is 3.13. The summed E-state index contributed by atoms with van der Waals surface area (Å²) in [6.45, 7) is 0.513. The van der Waals surface area contributed by atoms with Crippen LogP contribution in [0.2, 0.25) is 0 Å². The van der Waals surface area contributed by atoms with Crippen LogP contribution in [0, 0.1) is 5.82 Å². The number of benzene rings is 2. The van der Waals surface area contributed by atoms with E-state index in [0.29, 0.717) is 23.6 Å². The van der Waals surface area contributed by atoms with Crippen LogP contribution in [-0.2, 0) is 6.42 Å². The number of anilines is 2. The van der Waals surface area contributed by atoms with Crippen LogP contribution in [0.1, 0.15) is 15.9 Å². The number of rotatable bonds is 6. The van der Waals surface area contributed by atoms with Gasteiger partial charge in [0.05, 0.1) is 5.69 Å². The molecule has 0 atom stereocenters. The van der Waals surface area contributed by atoms with Crippen molar-refractivity contribution in [2.75, 3.05) is 11.9 Å². The number of hydrogen-bond donors (Lipinski definition) is 3. The zero-order chi connectivity index (χ0) is 19.3. The van der Waals surface area contributed by atoms with E-state index in [0.717, 1.165) is 22.9 Å². The minimum absolute atomic E-state index is 0.196. The lowest BCUT2D eigenvalue weighted by Gasteiger charge is -2.09. The molecule has 5 nitrogen and oxygen atoms in total. The van der Waals surface area contributed by atoms with E-state index < -0.39 is 0 Å². The molecule has 2 aromatic heterocycles. The Balaban J connectivity index is 1.39. The molecule has 2 aromatic carbocycles. The topological polar surface area (TPSA) is 69.8 Å². The fourth-order valence-electron chi connectivity index (χ4n) is 3.09. The third-order valence-corrected chi connectivity index (χ3v) is 4.51. The molecule has 0 radical (unpaired) electrons. The summed E-state index contributed by atoms with van der Waals surface area (Å²) in [5.41, 5.74) is 3.02.